The quantitative estimate of drug-likeness (QED) is 0.804. The highest BCUT2D eigenvalue weighted by molar-refractivity contribution is 7.22. The molecule has 1 aliphatic heterocycles. The zero-order valence-electron chi connectivity index (χ0n) is 10.4. The lowest BCUT2D eigenvalue weighted by atomic mass is 10.3. The number of aromatic nitrogens is 1. The lowest BCUT2D eigenvalue weighted by molar-refractivity contribution is -0.121. The smallest absolute Gasteiger partial charge is 0.236 e. The predicted octanol–water partition coefficient (Wildman–Crippen LogP) is 2.00. The zero-order valence-corrected chi connectivity index (χ0v) is 11.2. The van der Waals surface area contributed by atoms with Gasteiger partial charge in [-0.1, -0.05) is 11.3 Å². The summed E-state index contributed by atoms with van der Waals surface area (Å²) < 4.78 is 6.38. The number of Topliss-reactive ketones (excluding diaryl/α,β-unsaturated/α-hetero) is 1. The summed E-state index contributed by atoms with van der Waals surface area (Å²) in [7, 11) is 0. The predicted molar refractivity (Wildman–Crippen MR) is 72.8 cm³/mol. The molecule has 1 aliphatic rings. The van der Waals surface area contributed by atoms with Gasteiger partial charge in [-0.3, -0.25) is 14.5 Å². The third-order valence-corrected chi connectivity index (χ3v) is 3.92. The second-order valence-electron chi connectivity index (χ2n) is 4.25. The van der Waals surface area contributed by atoms with Crippen LogP contribution in [0.3, 0.4) is 0 Å². The van der Waals surface area contributed by atoms with Gasteiger partial charge >= 0.3 is 0 Å². The van der Waals surface area contributed by atoms with Crippen LogP contribution in [0, 0.1) is 0 Å². The SMILES string of the molecule is CCOc1ccc2nc(N3CC(=O)CC3=O)sc2c1. The molecule has 0 unspecified atom stereocenters. The minimum atomic E-state index is -0.172. The average molecular weight is 276 g/mol. The van der Waals surface area contributed by atoms with E-state index in [0.29, 0.717) is 11.7 Å². The molecule has 0 bridgehead atoms. The molecule has 19 heavy (non-hydrogen) atoms. The molecule has 3 rings (SSSR count). The van der Waals surface area contributed by atoms with Crippen molar-refractivity contribution in [3.63, 3.8) is 0 Å². The van der Waals surface area contributed by atoms with E-state index in [1.807, 2.05) is 25.1 Å². The minimum absolute atomic E-state index is 0.0138. The van der Waals surface area contributed by atoms with Gasteiger partial charge in [0, 0.05) is 0 Å². The number of fused-ring (bicyclic) bond motifs is 1. The van der Waals surface area contributed by atoms with E-state index in [1.54, 1.807) is 0 Å². The molecule has 2 aromatic rings. The first-order chi connectivity index (χ1) is 9.17. The van der Waals surface area contributed by atoms with Gasteiger partial charge in [-0.25, -0.2) is 4.98 Å². The summed E-state index contributed by atoms with van der Waals surface area (Å²) in [6.07, 6.45) is -0.0138. The van der Waals surface area contributed by atoms with Crippen LogP contribution in [0.1, 0.15) is 13.3 Å². The third-order valence-electron chi connectivity index (χ3n) is 2.87. The standard InChI is InChI=1S/C13H12N2O3S/c1-2-18-9-3-4-10-11(6-9)19-13(14-10)15-7-8(16)5-12(15)17/h3-4,6H,2,5,7H2,1H3. The van der Waals surface area contributed by atoms with Crippen LogP contribution in [0.25, 0.3) is 10.2 Å². The molecule has 5 nitrogen and oxygen atoms in total. The highest BCUT2D eigenvalue weighted by atomic mass is 32.1. The highest BCUT2D eigenvalue weighted by Crippen LogP contribution is 2.32. The van der Waals surface area contributed by atoms with Gasteiger partial charge in [0.1, 0.15) is 5.75 Å². The van der Waals surface area contributed by atoms with Gasteiger partial charge in [0.2, 0.25) is 5.91 Å². The first kappa shape index (κ1) is 12.1. The molecular weight excluding hydrogens is 264 g/mol. The van der Waals surface area contributed by atoms with Gasteiger partial charge in [0.15, 0.2) is 10.9 Å². The topological polar surface area (TPSA) is 59.5 Å². The minimum Gasteiger partial charge on any atom is -0.494 e. The number of nitrogens with zero attached hydrogens (tertiary/aromatic N) is 2. The molecule has 2 heterocycles. The monoisotopic (exact) mass is 276 g/mol. The molecule has 0 spiro atoms. The molecule has 1 aromatic carbocycles. The number of anilines is 1. The van der Waals surface area contributed by atoms with Crippen LogP contribution >= 0.6 is 11.3 Å². The van der Waals surface area contributed by atoms with E-state index < -0.39 is 0 Å². The van der Waals surface area contributed by atoms with E-state index >= 15 is 0 Å². The van der Waals surface area contributed by atoms with Crippen molar-refractivity contribution in [1.82, 2.24) is 4.98 Å². The van der Waals surface area contributed by atoms with E-state index in [-0.39, 0.29) is 24.7 Å². The average Bonchev–Trinajstić information content (AvgIpc) is 2.92. The third kappa shape index (κ3) is 2.19. The maximum atomic E-state index is 11.7. The van der Waals surface area contributed by atoms with Gasteiger partial charge in [-0.05, 0) is 25.1 Å². The number of benzene rings is 1. The van der Waals surface area contributed by atoms with Gasteiger partial charge in [-0.2, -0.15) is 0 Å². The number of carbonyl (C=O) groups is 2. The van der Waals surface area contributed by atoms with Crippen LogP contribution in [0.2, 0.25) is 0 Å². The maximum absolute atomic E-state index is 11.7. The summed E-state index contributed by atoms with van der Waals surface area (Å²) in [5.74, 6) is 0.558. The summed E-state index contributed by atoms with van der Waals surface area (Å²) in [5.41, 5.74) is 0.815. The van der Waals surface area contributed by atoms with Crippen molar-refractivity contribution < 1.29 is 14.3 Å². The Balaban J connectivity index is 1.97. The highest BCUT2D eigenvalue weighted by Gasteiger charge is 2.30. The summed E-state index contributed by atoms with van der Waals surface area (Å²) in [4.78, 5) is 28.8. The first-order valence-corrected chi connectivity index (χ1v) is 6.84. The summed E-state index contributed by atoms with van der Waals surface area (Å²) in [5, 5.41) is 0.583. The van der Waals surface area contributed by atoms with Crippen molar-refractivity contribution in [1.29, 1.82) is 0 Å². The van der Waals surface area contributed by atoms with Crippen molar-refractivity contribution in [3.8, 4) is 5.75 Å². The summed E-state index contributed by atoms with van der Waals surface area (Å²) >= 11 is 1.40. The normalized spacial score (nSPS) is 15.5. The van der Waals surface area contributed by atoms with E-state index in [0.717, 1.165) is 16.0 Å². The van der Waals surface area contributed by atoms with E-state index in [4.69, 9.17) is 4.74 Å². The van der Waals surface area contributed by atoms with Gasteiger partial charge < -0.3 is 4.74 Å². The number of amides is 1. The molecule has 0 aliphatic carbocycles. The molecule has 1 fully saturated rings. The molecule has 0 radical (unpaired) electrons. The lowest BCUT2D eigenvalue weighted by Gasteiger charge is -2.08. The molecule has 1 amide bonds. The van der Waals surface area contributed by atoms with E-state index in [9.17, 15) is 9.59 Å². The molecular formula is C13H12N2O3S. The fraction of sp³-hybridized carbons (Fsp3) is 0.308. The van der Waals surface area contributed by atoms with E-state index in [2.05, 4.69) is 4.98 Å². The number of ketones is 1. The van der Waals surface area contributed by atoms with Crippen molar-refractivity contribution in [3.05, 3.63) is 18.2 Å². The molecule has 98 valence electrons. The Morgan fingerprint density at radius 3 is 2.95 bits per heavy atom. The van der Waals surface area contributed by atoms with Crippen LogP contribution in [0.4, 0.5) is 5.13 Å². The first-order valence-electron chi connectivity index (χ1n) is 6.03. The van der Waals surface area contributed by atoms with E-state index in [1.165, 1.54) is 16.2 Å². The Kier molecular flexibility index (Phi) is 2.94. The number of thiazole rings is 1. The zero-order chi connectivity index (χ0) is 13.4. The van der Waals surface area contributed by atoms with Gasteiger partial charge in [0.25, 0.3) is 0 Å². The Bertz CT molecular complexity index is 665. The number of hydrogen-bond donors (Lipinski definition) is 0. The fourth-order valence-corrected chi connectivity index (χ4v) is 3.03. The van der Waals surface area contributed by atoms with Gasteiger partial charge in [0.05, 0.1) is 29.8 Å². The second kappa shape index (κ2) is 4.62. The largest absolute Gasteiger partial charge is 0.494 e. The number of ether oxygens (including phenoxy) is 1. The van der Waals surface area contributed by atoms with Crippen LogP contribution < -0.4 is 9.64 Å². The molecule has 1 saturated heterocycles. The molecule has 0 atom stereocenters. The molecule has 1 aromatic heterocycles. The molecule has 6 heteroatoms. The summed E-state index contributed by atoms with van der Waals surface area (Å²) in [6, 6.07) is 5.62. The van der Waals surface area contributed by atoms with Crippen molar-refractivity contribution in [2.75, 3.05) is 18.1 Å². The van der Waals surface area contributed by atoms with Crippen LogP contribution in [-0.4, -0.2) is 29.8 Å². The second-order valence-corrected chi connectivity index (χ2v) is 5.26. The summed E-state index contributed by atoms with van der Waals surface area (Å²) in [6.45, 7) is 2.67. The maximum Gasteiger partial charge on any atom is 0.236 e. The van der Waals surface area contributed by atoms with Crippen molar-refractivity contribution in [2.24, 2.45) is 0 Å². The van der Waals surface area contributed by atoms with Crippen LogP contribution in [0.5, 0.6) is 5.75 Å². The Morgan fingerprint density at radius 1 is 1.42 bits per heavy atom. The Labute approximate surface area is 113 Å². The van der Waals surface area contributed by atoms with Crippen LogP contribution in [0.15, 0.2) is 18.2 Å². The lowest BCUT2D eigenvalue weighted by Crippen LogP contribution is -2.24. The Morgan fingerprint density at radius 2 is 2.26 bits per heavy atom. The fourth-order valence-electron chi connectivity index (χ4n) is 2.02. The number of rotatable bonds is 3. The van der Waals surface area contributed by atoms with Crippen molar-refractivity contribution >= 4 is 38.4 Å². The van der Waals surface area contributed by atoms with Gasteiger partial charge in [-0.15, -0.1) is 0 Å². The van der Waals surface area contributed by atoms with Crippen LogP contribution in [-0.2, 0) is 9.59 Å². The number of hydrogen-bond acceptors (Lipinski definition) is 5. The molecule has 0 saturated carbocycles. The Hall–Kier alpha value is -1.95. The number of carbonyl (C=O) groups excluding carboxylic acids is 2. The van der Waals surface area contributed by atoms with Crippen molar-refractivity contribution in [2.45, 2.75) is 13.3 Å². The molecule has 0 N–H and O–H groups in total.